The molecule has 0 radical (unpaired) electrons. The van der Waals surface area contributed by atoms with Crippen LogP contribution in [0.15, 0.2) is 66.0 Å². The highest BCUT2D eigenvalue weighted by atomic mass is 16.5. The van der Waals surface area contributed by atoms with Gasteiger partial charge in [0, 0.05) is 0 Å². The van der Waals surface area contributed by atoms with E-state index in [0.29, 0.717) is 6.61 Å². The van der Waals surface area contributed by atoms with Gasteiger partial charge >= 0.3 is 0 Å². The van der Waals surface area contributed by atoms with Gasteiger partial charge in [0.1, 0.15) is 5.76 Å². The van der Waals surface area contributed by atoms with E-state index < -0.39 is 0 Å². The lowest BCUT2D eigenvalue weighted by atomic mass is 9.82. The van der Waals surface area contributed by atoms with Crippen molar-refractivity contribution in [1.29, 1.82) is 0 Å². The fraction of sp³-hybridized carbons (Fsp3) is 0.294. The summed E-state index contributed by atoms with van der Waals surface area (Å²) in [4.78, 5) is 0. The van der Waals surface area contributed by atoms with Gasteiger partial charge in [-0.25, -0.2) is 0 Å². The molecule has 0 aromatic heterocycles. The van der Waals surface area contributed by atoms with Gasteiger partial charge in [0.05, 0.1) is 12.1 Å². The highest BCUT2D eigenvalue weighted by Crippen LogP contribution is 2.40. The number of ether oxygens (including phenoxy) is 1. The second-order valence-corrected chi connectivity index (χ2v) is 4.74. The molecule has 0 spiro atoms. The first-order chi connectivity index (χ1) is 9.14. The van der Waals surface area contributed by atoms with Crippen LogP contribution in [0.5, 0.6) is 0 Å². The number of hydrogen-bond donors (Lipinski definition) is 1. The maximum absolute atomic E-state index is 5.67. The minimum Gasteiger partial charge on any atom is -0.494 e. The Morgan fingerprint density at radius 3 is 2.53 bits per heavy atom. The van der Waals surface area contributed by atoms with E-state index in [4.69, 9.17) is 4.74 Å². The lowest BCUT2D eigenvalue weighted by Gasteiger charge is -2.31. The van der Waals surface area contributed by atoms with Gasteiger partial charge in [-0.1, -0.05) is 42.5 Å². The lowest BCUT2D eigenvalue weighted by molar-refractivity contribution is 0.241. The molecule has 2 nitrogen and oxygen atoms in total. The van der Waals surface area contributed by atoms with Crippen molar-refractivity contribution in [2.24, 2.45) is 0 Å². The smallest absolute Gasteiger partial charge is 0.118 e. The maximum Gasteiger partial charge on any atom is 0.118 e. The van der Waals surface area contributed by atoms with Crippen LogP contribution in [-0.2, 0) is 10.3 Å². The first kappa shape index (κ1) is 13.6. The largest absolute Gasteiger partial charge is 0.494 e. The van der Waals surface area contributed by atoms with Crippen LogP contribution in [0.1, 0.15) is 19.4 Å². The molecule has 100 valence electrons. The molecule has 0 fully saturated rings. The van der Waals surface area contributed by atoms with E-state index in [1.165, 1.54) is 5.56 Å². The number of allylic oxidation sites excluding steroid dienone is 1. The van der Waals surface area contributed by atoms with Crippen molar-refractivity contribution in [3.63, 3.8) is 0 Å². The second kappa shape index (κ2) is 5.45. The summed E-state index contributed by atoms with van der Waals surface area (Å²) in [6, 6.07) is 10.4. The summed E-state index contributed by atoms with van der Waals surface area (Å²) in [6.45, 7) is 8.80. The van der Waals surface area contributed by atoms with Gasteiger partial charge in [-0.05, 0) is 44.2 Å². The first-order valence-corrected chi connectivity index (χ1v) is 6.62. The molecule has 0 amide bonds. The second-order valence-electron chi connectivity index (χ2n) is 4.74. The molecule has 0 aliphatic heterocycles. The van der Waals surface area contributed by atoms with E-state index in [1.807, 2.05) is 27.0 Å². The molecule has 19 heavy (non-hydrogen) atoms. The molecule has 2 rings (SSSR count). The van der Waals surface area contributed by atoms with Gasteiger partial charge in [0.2, 0.25) is 0 Å². The fourth-order valence-electron chi connectivity index (χ4n) is 2.59. The number of nitrogens with one attached hydrogen (secondary N) is 1. The lowest BCUT2D eigenvalue weighted by Crippen LogP contribution is -2.39. The third-order valence-electron chi connectivity index (χ3n) is 3.46. The van der Waals surface area contributed by atoms with Crippen molar-refractivity contribution in [1.82, 2.24) is 5.32 Å². The highest BCUT2D eigenvalue weighted by Gasteiger charge is 2.37. The summed E-state index contributed by atoms with van der Waals surface area (Å²) in [6.07, 6.45) is 4.21. The van der Waals surface area contributed by atoms with E-state index in [2.05, 4.69) is 48.3 Å². The molecule has 1 N–H and O–H groups in total. The summed E-state index contributed by atoms with van der Waals surface area (Å²) >= 11 is 0. The zero-order valence-corrected chi connectivity index (χ0v) is 11.9. The van der Waals surface area contributed by atoms with Crippen molar-refractivity contribution < 1.29 is 4.74 Å². The Labute approximate surface area is 115 Å². The molecule has 2 heteroatoms. The normalized spacial score (nSPS) is 21.8. The van der Waals surface area contributed by atoms with Gasteiger partial charge in [0.15, 0.2) is 0 Å². The van der Waals surface area contributed by atoms with Crippen LogP contribution in [0.25, 0.3) is 0 Å². The average molecular weight is 255 g/mol. The Kier molecular flexibility index (Phi) is 3.91. The van der Waals surface area contributed by atoms with E-state index in [9.17, 15) is 0 Å². The van der Waals surface area contributed by atoms with Crippen molar-refractivity contribution in [2.75, 3.05) is 13.7 Å². The Bertz CT molecular complexity index is 527. The summed E-state index contributed by atoms with van der Waals surface area (Å²) < 4.78 is 5.67. The molecule has 1 aromatic rings. The predicted molar refractivity (Wildman–Crippen MR) is 79.8 cm³/mol. The molecule has 1 aliphatic rings. The zero-order chi connectivity index (χ0) is 13.9. The number of benzene rings is 1. The minimum atomic E-state index is -0.336. The Morgan fingerprint density at radius 1 is 1.32 bits per heavy atom. The molecule has 0 bridgehead atoms. The monoisotopic (exact) mass is 255 g/mol. The van der Waals surface area contributed by atoms with Crippen LogP contribution in [0, 0.1) is 0 Å². The van der Waals surface area contributed by atoms with E-state index >= 15 is 0 Å². The molecule has 1 atom stereocenters. The van der Waals surface area contributed by atoms with Crippen molar-refractivity contribution in [2.45, 2.75) is 19.4 Å². The summed E-state index contributed by atoms with van der Waals surface area (Å²) in [7, 11) is 1.97. The summed E-state index contributed by atoms with van der Waals surface area (Å²) in [5.74, 6) is 0.902. The molecule has 1 unspecified atom stereocenters. The number of rotatable bonds is 5. The van der Waals surface area contributed by atoms with Crippen LogP contribution in [0.4, 0.5) is 0 Å². The molecule has 0 saturated heterocycles. The number of hydrogen-bond acceptors (Lipinski definition) is 2. The molecular formula is C17H21NO. The highest BCUT2D eigenvalue weighted by molar-refractivity contribution is 5.56. The third-order valence-corrected chi connectivity index (χ3v) is 3.46. The van der Waals surface area contributed by atoms with E-state index in [0.717, 1.165) is 16.9 Å². The van der Waals surface area contributed by atoms with Crippen LogP contribution in [0.2, 0.25) is 0 Å². The SMILES string of the molecule is C=C(C)C1=CC(OCC)=CC1(NC)c1ccccc1. The third kappa shape index (κ3) is 2.36. The average Bonchev–Trinajstić information content (AvgIpc) is 2.80. The molecule has 1 aromatic carbocycles. The van der Waals surface area contributed by atoms with E-state index in [1.54, 1.807) is 0 Å². The molecule has 0 saturated carbocycles. The van der Waals surface area contributed by atoms with Crippen LogP contribution >= 0.6 is 0 Å². The van der Waals surface area contributed by atoms with Gasteiger partial charge in [-0.15, -0.1) is 0 Å². The quantitative estimate of drug-likeness (QED) is 0.869. The summed E-state index contributed by atoms with van der Waals surface area (Å²) in [5, 5.41) is 3.43. The van der Waals surface area contributed by atoms with E-state index in [-0.39, 0.29) is 5.54 Å². The molecule has 1 aliphatic carbocycles. The number of likely N-dealkylation sites (N-methyl/N-ethyl adjacent to an activating group) is 1. The molecule has 0 heterocycles. The van der Waals surface area contributed by atoms with Gasteiger partial charge in [0.25, 0.3) is 0 Å². The zero-order valence-electron chi connectivity index (χ0n) is 11.9. The van der Waals surface area contributed by atoms with Crippen molar-refractivity contribution in [3.8, 4) is 0 Å². The maximum atomic E-state index is 5.67. The van der Waals surface area contributed by atoms with Crippen LogP contribution in [-0.4, -0.2) is 13.7 Å². The fourth-order valence-corrected chi connectivity index (χ4v) is 2.59. The van der Waals surface area contributed by atoms with Gasteiger partial charge in [-0.2, -0.15) is 0 Å². The minimum absolute atomic E-state index is 0.336. The Morgan fingerprint density at radius 2 is 2.00 bits per heavy atom. The first-order valence-electron chi connectivity index (χ1n) is 6.62. The van der Waals surface area contributed by atoms with Crippen molar-refractivity contribution >= 4 is 0 Å². The van der Waals surface area contributed by atoms with Crippen LogP contribution < -0.4 is 5.32 Å². The molecular weight excluding hydrogens is 234 g/mol. The van der Waals surface area contributed by atoms with Gasteiger partial charge in [-0.3, -0.25) is 0 Å². The Hall–Kier alpha value is -1.80. The topological polar surface area (TPSA) is 21.3 Å². The summed E-state index contributed by atoms with van der Waals surface area (Å²) in [5.41, 5.74) is 3.06. The van der Waals surface area contributed by atoms with Gasteiger partial charge < -0.3 is 10.1 Å². The standard InChI is InChI=1S/C17H21NO/c1-5-19-15-11-16(13(2)3)17(12-15,18-4)14-9-7-6-8-10-14/h6-12,18H,2,5H2,1,3-4H3. The van der Waals surface area contributed by atoms with Crippen molar-refractivity contribution in [3.05, 3.63) is 71.5 Å². The van der Waals surface area contributed by atoms with Crippen LogP contribution in [0.3, 0.4) is 0 Å². The predicted octanol–water partition coefficient (Wildman–Crippen LogP) is 3.54. The Balaban J connectivity index is 2.54.